The Bertz CT molecular complexity index is 406. The molecule has 1 aliphatic rings. The van der Waals surface area contributed by atoms with Crippen molar-refractivity contribution in [2.75, 3.05) is 46.1 Å². The summed E-state index contributed by atoms with van der Waals surface area (Å²) in [5, 5.41) is 9.20. The second-order valence-corrected chi connectivity index (χ2v) is 7.18. The Morgan fingerprint density at radius 2 is 1.88 bits per heavy atom. The van der Waals surface area contributed by atoms with E-state index in [0.717, 1.165) is 6.42 Å². The van der Waals surface area contributed by atoms with Crippen LogP contribution < -0.4 is 0 Å². The smallest absolute Gasteiger partial charge is 0.407 e. The number of rotatable bonds is 8. The number of esters is 1. The summed E-state index contributed by atoms with van der Waals surface area (Å²) in [6.45, 7) is 10.9. The molecule has 1 heterocycles. The highest BCUT2D eigenvalue weighted by atomic mass is 16.6. The summed E-state index contributed by atoms with van der Waals surface area (Å²) in [6.07, 6.45) is -0.0474. The molecule has 0 radical (unpaired) electrons. The number of hydrogen-bond donors (Lipinski definition) is 1. The van der Waals surface area contributed by atoms with Gasteiger partial charge < -0.3 is 24.2 Å². The molecule has 0 bridgehead atoms. The van der Waals surface area contributed by atoms with Crippen LogP contribution in [0.15, 0.2) is 0 Å². The topological polar surface area (TPSA) is 85.3 Å². The number of hydrogen-bond acceptors (Lipinski definition) is 5. The fraction of sp³-hybridized carbons (Fsp3) is 0.882. The van der Waals surface area contributed by atoms with Gasteiger partial charge in [0.05, 0.1) is 19.8 Å². The number of carbonyl (C=O) groups is 2. The second-order valence-electron chi connectivity index (χ2n) is 7.18. The molecule has 140 valence electrons. The third kappa shape index (κ3) is 7.05. The van der Waals surface area contributed by atoms with Crippen molar-refractivity contribution in [1.82, 2.24) is 4.90 Å². The zero-order chi connectivity index (χ0) is 18.2. The van der Waals surface area contributed by atoms with E-state index in [9.17, 15) is 14.7 Å². The van der Waals surface area contributed by atoms with Crippen molar-refractivity contribution in [1.29, 1.82) is 0 Å². The third-order valence-corrected chi connectivity index (χ3v) is 4.37. The molecule has 0 spiro atoms. The molecule has 7 heteroatoms. The molecule has 2 atom stereocenters. The minimum Gasteiger partial charge on any atom is -0.465 e. The Labute approximate surface area is 144 Å². The predicted molar refractivity (Wildman–Crippen MR) is 88.9 cm³/mol. The van der Waals surface area contributed by atoms with Crippen molar-refractivity contribution >= 4 is 12.1 Å². The summed E-state index contributed by atoms with van der Waals surface area (Å²) in [5.41, 5.74) is 0.0164. The van der Waals surface area contributed by atoms with E-state index in [1.807, 2.05) is 0 Å². The molecular weight excluding hydrogens is 314 g/mol. The molecule has 0 aliphatic carbocycles. The zero-order valence-corrected chi connectivity index (χ0v) is 15.2. The van der Waals surface area contributed by atoms with E-state index >= 15 is 0 Å². The number of piperidine rings is 1. The fourth-order valence-electron chi connectivity index (χ4n) is 3.07. The van der Waals surface area contributed by atoms with Crippen LogP contribution in [0.25, 0.3) is 0 Å². The van der Waals surface area contributed by atoms with Gasteiger partial charge in [-0.2, -0.15) is 0 Å². The number of amides is 1. The van der Waals surface area contributed by atoms with Crippen LogP contribution in [-0.4, -0.2) is 68.2 Å². The fourth-order valence-corrected chi connectivity index (χ4v) is 3.07. The molecule has 7 nitrogen and oxygen atoms in total. The predicted octanol–water partition coefficient (Wildman–Crippen LogP) is 2.24. The minimum atomic E-state index is -0.851. The van der Waals surface area contributed by atoms with Crippen LogP contribution in [0.5, 0.6) is 0 Å². The first-order valence-corrected chi connectivity index (χ1v) is 8.54. The van der Waals surface area contributed by atoms with Crippen molar-refractivity contribution in [3.63, 3.8) is 0 Å². The molecule has 1 N–H and O–H groups in total. The van der Waals surface area contributed by atoms with Gasteiger partial charge in [0, 0.05) is 19.7 Å². The molecule has 1 saturated heterocycles. The van der Waals surface area contributed by atoms with Crippen molar-refractivity contribution in [2.24, 2.45) is 17.3 Å². The van der Waals surface area contributed by atoms with Crippen LogP contribution in [0.3, 0.4) is 0 Å². The van der Waals surface area contributed by atoms with E-state index in [1.54, 1.807) is 6.92 Å². The van der Waals surface area contributed by atoms with Crippen molar-refractivity contribution in [3.8, 4) is 0 Å². The molecule has 0 saturated carbocycles. The third-order valence-electron chi connectivity index (χ3n) is 4.37. The summed E-state index contributed by atoms with van der Waals surface area (Å²) in [4.78, 5) is 23.8. The summed E-state index contributed by atoms with van der Waals surface area (Å²) < 4.78 is 15.7. The first-order valence-electron chi connectivity index (χ1n) is 8.54. The van der Waals surface area contributed by atoms with Gasteiger partial charge in [-0.05, 0) is 30.6 Å². The van der Waals surface area contributed by atoms with E-state index in [1.165, 1.54) is 4.90 Å². The second kappa shape index (κ2) is 9.84. The summed E-state index contributed by atoms with van der Waals surface area (Å²) in [7, 11) is 0. The zero-order valence-electron chi connectivity index (χ0n) is 15.2. The first-order chi connectivity index (χ1) is 11.3. The monoisotopic (exact) mass is 345 g/mol. The molecule has 1 rings (SSSR count). The van der Waals surface area contributed by atoms with Crippen LogP contribution in [0.1, 0.15) is 34.1 Å². The summed E-state index contributed by atoms with van der Waals surface area (Å²) >= 11 is 0. The van der Waals surface area contributed by atoms with Crippen LogP contribution in [0, 0.1) is 17.3 Å². The van der Waals surface area contributed by atoms with Crippen molar-refractivity contribution < 1.29 is 28.9 Å². The first kappa shape index (κ1) is 20.7. The minimum absolute atomic E-state index is 0.0164. The highest BCUT2D eigenvalue weighted by molar-refractivity contribution is 5.70. The van der Waals surface area contributed by atoms with Gasteiger partial charge in [0.15, 0.2) is 0 Å². The number of nitrogens with zero attached hydrogens (tertiary/aromatic N) is 1. The van der Waals surface area contributed by atoms with Gasteiger partial charge in [-0.15, -0.1) is 0 Å². The lowest BCUT2D eigenvalue weighted by Crippen LogP contribution is -2.48. The quantitative estimate of drug-likeness (QED) is 0.536. The van der Waals surface area contributed by atoms with Gasteiger partial charge >= 0.3 is 12.1 Å². The Morgan fingerprint density at radius 1 is 1.21 bits per heavy atom. The largest absolute Gasteiger partial charge is 0.465 e. The maximum absolute atomic E-state index is 11.2. The lowest BCUT2D eigenvalue weighted by Gasteiger charge is -2.44. The molecule has 0 aromatic rings. The maximum atomic E-state index is 11.2. The average Bonchev–Trinajstić information content (AvgIpc) is 2.50. The van der Waals surface area contributed by atoms with Crippen LogP contribution in [0.4, 0.5) is 4.79 Å². The number of carboxylic acid groups (broad SMARTS) is 1. The van der Waals surface area contributed by atoms with Gasteiger partial charge in [0.2, 0.25) is 0 Å². The molecule has 24 heavy (non-hydrogen) atoms. The number of carbonyl (C=O) groups excluding carboxylic acids is 1. The molecule has 2 unspecified atom stereocenters. The Morgan fingerprint density at radius 3 is 2.46 bits per heavy atom. The van der Waals surface area contributed by atoms with E-state index in [4.69, 9.17) is 14.2 Å². The molecule has 1 aliphatic heterocycles. The Kier molecular flexibility index (Phi) is 8.48. The molecular formula is C17H31NO6. The highest BCUT2D eigenvalue weighted by Gasteiger charge is 2.38. The normalized spacial score (nSPS) is 21.6. The number of likely N-dealkylation sites (tertiary alicyclic amines) is 1. The van der Waals surface area contributed by atoms with Gasteiger partial charge in [-0.25, -0.2) is 9.59 Å². The van der Waals surface area contributed by atoms with Crippen molar-refractivity contribution in [3.05, 3.63) is 0 Å². The van der Waals surface area contributed by atoms with E-state index in [-0.39, 0.29) is 23.9 Å². The van der Waals surface area contributed by atoms with Gasteiger partial charge in [-0.1, -0.05) is 20.8 Å². The molecule has 1 amide bonds. The van der Waals surface area contributed by atoms with E-state index in [2.05, 4.69) is 20.8 Å². The van der Waals surface area contributed by atoms with Crippen LogP contribution in [-0.2, 0) is 19.0 Å². The molecule has 0 aromatic heterocycles. The van der Waals surface area contributed by atoms with E-state index < -0.39 is 6.09 Å². The summed E-state index contributed by atoms with van der Waals surface area (Å²) in [6, 6.07) is 0. The molecule has 1 fully saturated rings. The van der Waals surface area contributed by atoms with Gasteiger partial charge in [0.25, 0.3) is 0 Å². The maximum Gasteiger partial charge on any atom is 0.407 e. The lowest BCUT2D eigenvalue weighted by molar-refractivity contribution is -0.149. The van der Waals surface area contributed by atoms with Crippen LogP contribution in [0.2, 0.25) is 0 Å². The van der Waals surface area contributed by atoms with Gasteiger partial charge in [-0.3, -0.25) is 0 Å². The number of ether oxygens (including phenoxy) is 3. The van der Waals surface area contributed by atoms with Gasteiger partial charge in [0.1, 0.15) is 6.61 Å². The molecule has 0 aromatic carbocycles. The average molecular weight is 345 g/mol. The van der Waals surface area contributed by atoms with Crippen LogP contribution >= 0.6 is 0 Å². The Balaban J connectivity index is 2.32. The lowest BCUT2D eigenvalue weighted by atomic mass is 9.70. The van der Waals surface area contributed by atoms with E-state index in [0.29, 0.717) is 45.4 Å². The standard InChI is InChI=1S/C17H31NO6/c1-5-24-15(19)12-23-9-8-22-11-13-6-7-18(16(20)21)10-14(13)17(2,3)4/h13-14H,5-12H2,1-4H3,(H,20,21). The SMILES string of the molecule is CCOC(=O)COCCOCC1CCN(C(=O)O)CC1C(C)(C)C. The Hall–Kier alpha value is -1.34. The van der Waals surface area contributed by atoms with Crippen molar-refractivity contribution in [2.45, 2.75) is 34.1 Å². The highest BCUT2D eigenvalue weighted by Crippen LogP contribution is 2.37. The summed E-state index contributed by atoms with van der Waals surface area (Å²) in [5.74, 6) is 0.208.